The van der Waals surface area contributed by atoms with Gasteiger partial charge in [0.05, 0.1) is 12.1 Å². The summed E-state index contributed by atoms with van der Waals surface area (Å²) in [5, 5.41) is 9.17. The van der Waals surface area contributed by atoms with Crippen LogP contribution in [-0.2, 0) is 11.3 Å². The predicted molar refractivity (Wildman–Crippen MR) is 108 cm³/mol. The number of nitrogens with zero attached hydrogens (tertiary/aromatic N) is 4. The minimum atomic E-state index is -0.885. The molecule has 0 bridgehead atoms. The average molecular weight is 404 g/mol. The van der Waals surface area contributed by atoms with Crippen molar-refractivity contribution in [1.29, 1.82) is 5.26 Å². The lowest BCUT2D eigenvalue weighted by Gasteiger charge is -2.29. The normalized spacial score (nSPS) is 18.5. The fourth-order valence-corrected chi connectivity index (χ4v) is 3.59. The van der Waals surface area contributed by atoms with E-state index in [1.807, 2.05) is 13.8 Å². The summed E-state index contributed by atoms with van der Waals surface area (Å²) in [6.07, 6.45) is 1.48. The van der Waals surface area contributed by atoms with Crippen LogP contribution in [-0.4, -0.2) is 64.4 Å². The molecule has 1 saturated heterocycles. The molecule has 1 aliphatic rings. The van der Waals surface area contributed by atoms with Crippen LogP contribution < -0.4 is 5.73 Å². The van der Waals surface area contributed by atoms with E-state index in [1.165, 1.54) is 17.0 Å². The van der Waals surface area contributed by atoms with E-state index >= 15 is 0 Å². The number of urea groups is 1. The van der Waals surface area contributed by atoms with Gasteiger partial charge in [-0.15, -0.1) is 0 Å². The number of nitriles is 1. The molecule has 2 N–H and O–H groups in total. The fraction of sp³-hybridized carbons (Fsp3) is 0.571. The van der Waals surface area contributed by atoms with Gasteiger partial charge in [-0.25, -0.2) is 9.18 Å². The monoisotopic (exact) mass is 403 g/mol. The molecule has 29 heavy (non-hydrogen) atoms. The molecule has 3 amide bonds. The lowest BCUT2D eigenvalue weighted by atomic mass is 10.1. The maximum atomic E-state index is 13.1. The van der Waals surface area contributed by atoms with Crippen molar-refractivity contribution in [3.05, 3.63) is 35.6 Å². The van der Waals surface area contributed by atoms with Gasteiger partial charge in [-0.1, -0.05) is 26.0 Å². The SMILES string of the molecule is CCCN(C(=O)C(N)CN1CC(CC)N(Cc2ccc(F)cc2)C1=O)C(C)C#N. The van der Waals surface area contributed by atoms with Crippen molar-refractivity contribution in [2.45, 2.75) is 58.3 Å². The molecule has 0 aliphatic carbocycles. The third-order valence-electron chi connectivity index (χ3n) is 5.26. The summed E-state index contributed by atoms with van der Waals surface area (Å²) in [6, 6.07) is 6.53. The summed E-state index contributed by atoms with van der Waals surface area (Å²) >= 11 is 0. The van der Waals surface area contributed by atoms with Gasteiger partial charge >= 0.3 is 6.03 Å². The predicted octanol–water partition coefficient (Wildman–Crippen LogP) is 2.32. The quantitative estimate of drug-likeness (QED) is 0.685. The first kappa shape index (κ1) is 22.6. The van der Waals surface area contributed by atoms with E-state index in [2.05, 4.69) is 6.07 Å². The summed E-state index contributed by atoms with van der Waals surface area (Å²) in [5.74, 6) is -0.637. The maximum absolute atomic E-state index is 13.1. The van der Waals surface area contributed by atoms with Crippen molar-refractivity contribution in [1.82, 2.24) is 14.7 Å². The highest BCUT2D eigenvalue weighted by Crippen LogP contribution is 2.22. The van der Waals surface area contributed by atoms with Crippen molar-refractivity contribution in [2.75, 3.05) is 19.6 Å². The minimum absolute atomic E-state index is 0.000341. The molecule has 0 spiro atoms. The standard InChI is InChI=1S/C21H30FN5O2/c1-4-10-26(15(3)11-23)20(28)19(24)14-25-13-18(5-2)27(21(25)29)12-16-6-8-17(22)9-7-16/h6-9,15,18-19H,4-5,10,12-14,24H2,1-3H3. The molecule has 0 radical (unpaired) electrons. The largest absolute Gasteiger partial charge is 0.326 e. The molecule has 3 unspecified atom stereocenters. The molecule has 3 atom stereocenters. The van der Waals surface area contributed by atoms with Crippen LogP contribution in [0.5, 0.6) is 0 Å². The number of carbonyl (C=O) groups excluding carboxylic acids is 2. The summed E-state index contributed by atoms with van der Waals surface area (Å²) < 4.78 is 13.1. The van der Waals surface area contributed by atoms with E-state index in [9.17, 15) is 14.0 Å². The van der Waals surface area contributed by atoms with Crippen LogP contribution in [0.1, 0.15) is 39.2 Å². The van der Waals surface area contributed by atoms with Crippen molar-refractivity contribution in [3.63, 3.8) is 0 Å². The third-order valence-corrected chi connectivity index (χ3v) is 5.26. The lowest BCUT2D eigenvalue weighted by Crippen LogP contribution is -2.52. The van der Waals surface area contributed by atoms with Crippen LogP contribution in [0.2, 0.25) is 0 Å². The lowest BCUT2D eigenvalue weighted by molar-refractivity contribution is -0.133. The van der Waals surface area contributed by atoms with Crippen LogP contribution in [0.3, 0.4) is 0 Å². The second-order valence-electron chi connectivity index (χ2n) is 7.45. The maximum Gasteiger partial charge on any atom is 0.320 e. The van der Waals surface area contributed by atoms with Crippen LogP contribution in [0.15, 0.2) is 24.3 Å². The Morgan fingerprint density at radius 1 is 1.38 bits per heavy atom. The van der Waals surface area contributed by atoms with E-state index in [-0.39, 0.29) is 30.3 Å². The summed E-state index contributed by atoms with van der Waals surface area (Å²) in [6.45, 7) is 7.01. The summed E-state index contributed by atoms with van der Waals surface area (Å²) in [4.78, 5) is 30.5. The van der Waals surface area contributed by atoms with Gasteiger partial charge < -0.3 is 20.4 Å². The second kappa shape index (κ2) is 10.2. The molecule has 0 aromatic heterocycles. The fourth-order valence-electron chi connectivity index (χ4n) is 3.59. The summed E-state index contributed by atoms with van der Waals surface area (Å²) in [7, 11) is 0. The van der Waals surface area contributed by atoms with E-state index in [0.717, 1.165) is 18.4 Å². The number of carbonyl (C=O) groups is 2. The van der Waals surface area contributed by atoms with E-state index in [1.54, 1.807) is 28.9 Å². The zero-order valence-electron chi connectivity index (χ0n) is 17.3. The Morgan fingerprint density at radius 3 is 2.59 bits per heavy atom. The smallest absolute Gasteiger partial charge is 0.320 e. The van der Waals surface area contributed by atoms with Gasteiger partial charge in [0, 0.05) is 26.2 Å². The number of amides is 3. The Hall–Kier alpha value is -2.66. The molecular formula is C21H30FN5O2. The van der Waals surface area contributed by atoms with E-state index < -0.39 is 12.1 Å². The highest BCUT2D eigenvalue weighted by molar-refractivity contribution is 5.84. The van der Waals surface area contributed by atoms with Crippen molar-refractivity contribution < 1.29 is 14.0 Å². The van der Waals surface area contributed by atoms with Crippen LogP contribution in [0.25, 0.3) is 0 Å². The number of nitrogens with two attached hydrogens (primary N) is 1. The van der Waals surface area contributed by atoms with Gasteiger partial charge in [0.15, 0.2) is 0 Å². The van der Waals surface area contributed by atoms with Gasteiger partial charge in [0.1, 0.15) is 17.9 Å². The second-order valence-corrected chi connectivity index (χ2v) is 7.45. The summed E-state index contributed by atoms with van der Waals surface area (Å²) in [5.41, 5.74) is 6.97. The Morgan fingerprint density at radius 2 is 2.03 bits per heavy atom. The van der Waals surface area contributed by atoms with Gasteiger partial charge in [-0.3, -0.25) is 4.79 Å². The third kappa shape index (κ3) is 5.45. The number of hydrogen-bond acceptors (Lipinski definition) is 4. The van der Waals surface area contributed by atoms with Gasteiger partial charge in [-0.2, -0.15) is 5.26 Å². The Labute approximate surface area is 171 Å². The van der Waals surface area contributed by atoms with Gasteiger partial charge in [0.2, 0.25) is 5.91 Å². The first-order valence-electron chi connectivity index (χ1n) is 10.1. The number of rotatable bonds is 9. The zero-order chi connectivity index (χ0) is 21.6. The first-order valence-corrected chi connectivity index (χ1v) is 10.1. The Bertz CT molecular complexity index is 748. The minimum Gasteiger partial charge on any atom is -0.326 e. The van der Waals surface area contributed by atoms with Crippen LogP contribution >= 0.6 is 0 Å². The number of benzene rings is 1. The molecule has 7 nitrogen and oxygen atoms in total. The van der Waals surface area contributed by atoms with Crippen molar-refractivity contribution in [2.24, 2.45) is 5.73 Å². The topological polar surface area (TPSA) is 93.7 Å². The van der Waals surface area contributed by atoms with Gasteiger partial charge in [-0.05, 0) is 37.5 Å². The zero-order valence-corrected chi connectivity index (χ0v) is 17.3. The van der Waals surface area contributed by atoms with Crippen molar-refractivity contribution in [3.8, 4) is 6.07 Å². The molecule has 1 aromatic rings. The van der Waals surface area contributed by atoms with Crippen molar-refractivity contribution >= 4 is 11.9 Å². The Balaban J connectivity index is 2.06. The highest BCUT2D eigenvalue weighted by atomic mass is 19.1. The van der Waals surface area contributed by atoms with E-state index in [4.69, 9.17) is 11.0 Å². The molecular weight excluding hydrogens is 373 g/mol. The molecule has 1 aromatic carbocycles. The number of hydrogen-bond donors (Lipinski definition) is 1. The molecule has 8 heteroatoms. The molecule has 158 valence electrons. The first-order chi connectivity index (χ1) is 13.8. The Kier molecular flexibility index (Phi) is 7.97. The molecule has 2 rings (SSSR count). The van der Waals surface area contributed by atoms with Crippen LogP contribution in [0.4, 0.5) is 9.18 Å². The highest BCUT2D eigenvalue weighted by Gasteiger charge is 2.38. The van der Waals surface area contributed by atoms with Crippen LogP contribution in [0, 0.1) is 17.1 Å². The van der Waals surface area contributed by atoms with Gasteiger partial charge in [0.25, 0.3) is 0 Å². The van der Waals surface area contributed by atoms with E-state index in [0.29, 0.717) is 19.6 Å². The molecule has 1 aliphatic heterocycles. The molecule has 1 heterocycles. The number of halogens is 1. The molecule has 1 fully saturated rings. The average Bonchev–Trinajstić information content (AvgIpc) is 3.01. The molecule has 0 saturated carbocycles.